The van der Waals surface area contributed by atoms with E-state index in [-0.39, 0.29) is 6.04 Å². The number of aromatic nitrogens is 2. The molecule has 114 valence electrons. The normalized spacial score (nSPS) is 12.9. The van der Waals surface area contributed by atoms with Gasteiger partial charge in [0, 0.05) is 5.02 Å². The molecule has 1 heterocycles. The van der Waals surface area contributed by atoms with Crippen molar-refractivity contribution in [1.29, 1.82) is 0 Å². The Hall–Kier alpha value is -0.970. The van der Waals surface area contributed by atoms with Crippen molar-refractivity contribution in [1.82, 2.24) is 14.9 Å². The number of aryl methyl sites for hydroxylation is 1. The highest BCUT2D eigenvalue weighted by atomic mass is 35.5. The zero-order chi connectivity index (χ0) is 15.4. The lowest BCUT2D eigenvalue weighted by atomic mass is 9.99. The molecule has 1 N–H and O–H groups in total. The molecule has 0 aliphatic rings. The van der Waals surface area contributed by atoms with E-state index in [1.165, 1.54) is 22.0 Å². The molecule has 0 aliphatic carbocycles. The summed E-state index contributed by atoms with van der Waals surface area (Å²) >= 11 is 7.77. The van der Waals surface area contributed by atoms with Gasteiger partial charge in [-0.2, -0.15) is 0 Å². The Morgan fingerprint density at radius 3 is 2.71 bits per heavy atom. The lowest BCUT2D eigenvalue weighted by Crippen LogP contribution is -2.23. The minimum Gasteiger partial charge on any atom is -0.305 e. The first-order valence-corrected chi connectivity index (χ1v) is 8.51. The summed E-state index contributed by atoms with van der Waals surface area (Å²) in [6.45, 7) is 9.44. The topological polar surface area (TPSA) is 37.8 Å². The average Bonchev–Trinajstić information content (AvgIpc) is 2.92. The van der Waals surface area contributed by atoms with Crippen molar-refractivity contribution in [2.45, 2.75) is 46.1 Å². The second-order valence-corrected chi connectivity index (χ2v) is 6.77. The number of nitrogens with zero attached hydrogens (tertiary/aromatic N) is 2. The molecule has 0 radical (unpaired) electrons. The summed E-state index contributed by atoms with van der Waals surface area (Å²) in [5, 5.41) is 8.71. The van der Waals surface area contributed by atoms with Crippen molar-refractivity contribution in [3.05, 3.63) is 44.9 Å². The van der Waals surface area contributed by atoms with Crippen LogP contribution in [-0.2, 0) is 0 Å². The molecule has 0 spiro atoms. The summed E-state index contributed by atoms with van der Waals surface area (Å²) in [5.41, 5.74) is 3.35. The van der Waals surface area contributed by atoms with Crippen LogP contribution in [0.25, 0.3) is 0 Å². The molecule has 0 aliphatic heterocycles. The molecule has 1 aromatic carbocycles. The molecule has 0 bridgehead atoms. The van der Waals surface area contributed by atoms with Gasteiger partial charge in [0.15, 0.2) is 0 Å². The van der Waals surface area contributed by atoms with Crippen LogP contribution in [0.2, 0.25) is 5.02 Å². The quantitative estimate of drug-likeness (QED) is 0.836. The van der Waals surface area contributed by atoms with Crippen molar-refractivity contribution in [3.8, 4) is 0 Å². The fraction of sp³-hybridized carbons (Fsp3) is 0.500. The number of halogens is 1. The van der Waals surface area contributed by atoms with Crippen LogP contribution in [0, 0.1) is 6.92 Å². The molecule has 2 aromatic rings. The lowest BCUT2D eigenvalue weighted by molar-refractivity contribution is 0.596. The van der Waals surface area contributed by atoms with Gasteiger partial charge in [0.2, 0.25) is 0 Å². The molecule has 0 fully saturated rings. The van der Waals surface area contributed by atoms with Crippen LogP contribution in [-0.4, -0.2) is 16.1 Å². The summed E-state index contributed by atoms with van der Waals surface area (Å²) in [6, 6.07) is 6.37. The van der Waals surface area contributed by atoms with Crippen LogP contribution in [0.15, 0.2) is 18.2 Å². The van der Waals surface area contributed by atoms with Crippen LogP contribution in [0.4, 0.5) is 0 Å². The average molecular weight is 324 g/mol. The first-order chi connectivity index (χ1) is 10.0. The van der Waals surface area contributed by atoms with E-state index < -0.39 is 0 Å². The van der Waals surface area contributed by atoms with Gasteiger partial charge >= 0.3 is 0 Å². The molecule has 21 heavy (non-hydrogen) atoms. The Kier molecular flexibility index (Phi) is 5.73. The minimum atomic E-state index is 0.112. The standard InChI is InChI=1S/C16H22ClN3S/c1-5-8-18-15(12-7-6-11(4)13(17)9-12)16-14(10(2)3)19-20-21-16/h6-7,9-10,15,18H,5,8H2,1-4H3. The molecule has 0 saturated heterocycles. The highest BCUT2D eigenvalue weighted by Crippen LogP contribution is 2.32. The molecular weight excluding hydrogens is 302 g/mol. The molecule has 1 atom stereocenters. The van der Waals surface area contributed by atoms with Crippen molar-refractivity contribution >= 4 is 23.1 Å². The third-order valence-electron chi connectivity index (χ3n) is 3.48. The second kappa shape index (κ2) is 7.34. The first-order valence-electron chi connectivity index (χ1n) is 7.36. The van der Waals surface area contributed by atoms with Gasteiger partial charge in [-0.05, 0) is 54.5 Å². The van der Waals surface area contributed by atoms with E-state index in [1.54, 1.807) is 0 Å². The summed E-state index contributed by atoms with van der Waals surface area (Å²) < 4.78 is 4.16. The zero-order valence-corrected chi connectivity index (χ0v) is 14.6. The predicted octanol–water partition coefficient (Wildman–Crippen LogP) is 4.71. The number of hydrogen-bond donors (Lipinski definition) is 1. The summed E-state index contributed by atoms with van der Waals surface area (Å²) in [4.78, 5) is 1.19. The van der Waals surface area contributed by atoms with Gasteiger partial charge in [-0.15, -0.1) is 5.10 Å². The highest BCUT2D eigenvalue weighted by molar-refractivity contribution is 7.05. The second-order valence-electron chi connectivity index (χ2n) is 5.57. The van der Waals surface area contributed by atoms with E-state index in [0.29, 0.717) is 5.92 Å². The minimum absolute atomic E-state index is 0.112. The van der Waals surface area contributed by atoms with Crippen LogP contribution in [0.1, 0.15) is 60.8 Å². The van der Waals surface area contributed by atoms with Crippen LogP contribution < -0.4 is 5.32 Å². The van der Waals surface area contributed by atoms with E-state index >= 15 is 0 Å². The van der Waals surface area contributed by atoms with E-state index in [2.05, 4.69) is 47.8 Å². The van der Waals surface area contributed by atoms with Crippen LogP contribution >= 0.6 is 23.1 Å². The third kappa shape index (κ3) is 3.82. The number of hydrogen-bond acceptors (Lipinski definition) is 4. The van der Waals surface area contributed by atoms with Gasteiger partial charge in [0.25, 0.3) is 0 Å². The van der Waals surface area contributed by atoms with E-state index in [1.807, 2.05) is 13.0 Å². The van der Waals surface area contributed by atoms with Crippen molar-refractivity contribution in [3.63, 3.8) is 0 Å². The van der Waals surface area contributed by atoms with Crippen LogP contribution in [0.5, 0.6) is 0 Å². The Morgan fingerprint density at radius 2 is 2.10 bits per heavy atom. The number of benzene rings is 1. The summed E-state index contributed by atoms with van der Waals surface area (Å²) in [7, 11) is 0. The molecule has 3 nitrogen and oxygen atoms in total. The molecule has 1 aromatic heterocycles. The molecule has 2 rings (SSSR count). The monoisotopic (exact) mass is 323 g/mol. The Bertz CT molecular complexity index is 595. The first kappa shape index (κ1) is 16.4. The van der Waals surface area contributed by atoms with Gasteiger partial charge in [0.1, 0.15) is 0 Å². The fourth-order valence-corrected chi connectivity index (χ4v) is 3.34. The molecule has 1 unspecified atom stereocenters. The maximum Gasteiger partial charge on any atom is 0.0832 e. The third-order valence-corrected chi connectivity index (χ3v) is 4.69. The largest absolute Gasteiger partial charge is 0.305 e. The predicted molar refractivity (Wildman–Crippen MR) is 90.3 cm³/mol. The molecule has 0 amide bonds. The molecular formula is C16H22ClN3S. The van der Waals surface area contributed by atoms with Gasteiger partial charge in [-0.1, -0.05) is 49.0 Å². The number of nitrogens with one attached hydrogen (secondary N) is 1. The fourth-order valence-electron chi connectivity index (χ4n) is 2.24. The van der Waals surface area contributed by atoms with E-state index in [9.17, 15) is 0 Å². The Labute approximate surface area is 135 Å². The SMILES string of the molecule is CCCNC(c1ccc(C)c(Cl)c1)c1snnc1C(C)C. The smallest absolute Gasteiger partial charge is 0.0832 e. The maximum atomic E-state index is 6.30. The van der Waals surface area contributed by atoms with Gasteiger partial charge < -0.3 is 5.32 Å². The zero-order valence-electron chi connectivity index (χ0n) is 13.0. The van der Waals surface area contributed by atoms with Crippen molar-refractivity contribution < 1.29 is 0 Å². The Balaban J connectivity index is 2.42. The maximum absolute atomic E-state index is 6.30. The van der Waals surface area contributed by atoms with Crippen molar-refractivity contribution in [2.24, 2.45) is 0 Å². The van der Waals surface area contributed by atoms with E-state index in [4.69, 9.17) is 11.6 Å². The van der Waals surface area contributed by atoms with Gasteiger partial charge in [0.05, 0.1) is 16.6 Å². The number of rotatable bonds is 6. The van der Waals surface area contributed by atoms with Crippen LogP contribution in [0.3, 0.4) is 0 Å². The summed E-state index contributed by atoms with van der Waals surface area (Å²) in [5.74, 6) is 0.366. The molecule has 5 heteroatoms. The van der Waals surface area contributed by atoms with Gasteiger partial charge in [-0.25, -0.2) is 0 Å². The van der Waals surface area contributed by atoms with Crippen molar-refractivity contribution in [2.75, 3.05) is 6.54 Å². The van der Waals surface area contributed by atoms with Gasteiger partial charge in [-0.3, -0.25) is 0 Å². The lowest BCUT2D eigenvalue weighted by Gasteiger charge is -2.20. The molecule has 0 saturated carbocycles. The Morgan fingerprint density at radius 1 is 1.33 bits per heavy atom. The highest BCUT2D eigenvalue weighted by Gasteiger charge is 2.22. The van der Waals surface area contributed by atoms with E-state index in [0.717, 1.165) is 29.2 Å². The summed E-state index contributed by atoms with van der Waals surface area (Å²) in [6.07, 6.45) is 1.08.